The number of nitrogens with one attached hydrogen (secondary N) is 1. The number of aromatic nitrogens is 1. The number of thiazole rings is 1. The minimum Gasteiger partial charge on any atom is -0.480 e. The lowest BCUT2D eigenvalue weighted by Gasteiger charge is -2.24. The molecule has 1 aliphatic rings. The Balaban J connectivity index is 1.85. The van der Waals surface area contributed by atoms with Crippen LogP contribution in [0, 0.1) is 6.92 Å². The van der Waals surface area contributed by atoms with Gasteiger partial charge < -0.3 is 10.4 Å². The molecule has 1 amide bonds. The van der Waals surface area contributed by atoms with Crippen LogP contribution in [0.4, 0.5) is 0 Å². The lowest BCUT2D eigenvalue weighted by Crippen LogP contribution is -2.52. The van der Waals surface area contributed by atoms with Gasteiger partial charge in [0, 0.05) is 0 Å². The van der Waals surface area contributed by atoms with E-state index in [9.17, 15) is 14.7 Å². The Kier molecular flexibility index (Phi) is 4.01. The highest BCUT2D eigenvalue weighted by Gasteiger charge is 2.43. The number of hydrogen-bond donors (Lipinski definition) is 2. The van der Waals surface area contributed by atoms with E-state index in [4.69, 9.17) is 0 Å². The molecule has 0 aromatic carbocycles. The molecule has 0 aliphatic heterocycles. The Labute approximate surface area is 136 Å². The van der Waals surface area contributed by atoms with Crippen molar-refractivity contribution in [2.24, 2.45) is 0 Å². The third-order valence-electron chi connectivity index (χ3n) is 3.95. The van der Waals surface area contributed by atoms with Crippen molar-refractivity contribution in [1.82, 2.24) is 10.3 Å². The first kappa shape index (κ1) is 15.2. The Morgan fingerprint density at radius 3 is 2.68 bits per heavy atom. The van der Waals surface area contributed by atoms with Gasteiger partial charge in [-0.3, -0.25) is 4.79 Å². The lowest BCUT2D eigenvalue weighted by molar-refractivity contribution is -0.144. The SMILES string of the molecule is Cc1nc(-c2cccs2)sc1C(=O)NC1(C(=O)O)CCCC1. The second-order valence-corrected chi connectivity index (χ2v) is 7.41. The smallest absolute Gasteiger partial charge is 0.329 e. The minimum absolute atomic E-state index is 0.331. The van der Waals surface area contributed by atoms with Crippen LogP contribution in [-0.4, -0.2) is 27.5 Å². The lowest BCUT2D eigenvalue weighted by atomic mass is 9.98. The normalized spacial score (nSPS) is 16.6. The second-order valence-electron chi connectivity index (χ2n) is 5.46. The number of carboxylic acids is 1. The average molecular weight is 336 g/mol. The van der Waals surface area contributed by atoms with E-state index in [1.165, 1.54) is 11.3 Å². The first-order valence-electron chi connectivity index (χ1n) is 7.09. The van der Waals surface area contributed by atoms with Gasteiger partial charge in [-0.2, -0.15) is 0 Å². The van der Waals surface area contributed by atoms with Crippen molar-refractivity contribution in [1.29, 1.82) is 0 Å². The van der Waals surface area contributed by atoms with E-state index in [2.05, 4.69) is 10.3 Å². The number of hydrogen-bond acceptors (Lipinski definition) is 5. The monoisotopic (exact) mass is 336 g/mol. The van der Waals surface area contributed by atoms with Crippen LogP contribution in [0.2, 0.25) is 0 Å². The zero-order chi connectivity index (χ0) is 15.7. The summed E-state index contributed by atoms with van der Waals surface area (Å²) in [5.74, 6) is -1.28. The number of carbonyl (C=O) groups is 2. The fourth-order valence-corrected chi connectivity index (χ4v) is 4.52. The van der Waals surface area contributed by atoms with Gasteiger partial charge >= 0.3 is 5.97 Å². The molecule has 2 aromatic rings. The summed E-state index contributed by atoms with van der Waals surface area (Å²) in [6.45, 7) is 1.78. The maximum atomic E-state index is 12.5. The fraction of sp³-hybridized carbons (Fsp3) is 0.400. The van der Waals surface area contributed by atoms with Crippen LogP contribution in [-0.2, 0) is 4.79 Å². The van der Waals surface area contributed by atoms with Crippen molar-refractivity contribution in [2.75, 3.05) is 0 Å². The molecule has 2 heterocycles. The fourth-order valence-electron chi connectivity index (χ4n) is 2.76. The van der Waals surface area contributed by atoms with E-state index in [-0.39, 0.29) is 5.91 Å². The second kappa shape index (κ2) is 5.81. The summed E-state index contributed by atoms with van der Waals surface area (Å²) >= 11 is 2.88. The maximum absolute atomic E-state index is 12.5. The number of carboxylic acid groups (broad SMARTS) is 1. The van der Waals surface area contributed by atoms with Gasteiger partial charge in [-0.1, -0.05) is 18.9 Å². The first-order chi connectivity index (χ1) is 10.5. The summed E-state index contributed by atoms with van der Waals surface area (Å²) in [5.41, 5.74) is -0.471. The van der Waals surface area contributed by atoms with E-state index < -0.39 is 11.5 Å². The number of nitrogens with zero attached hydrogens (tertiary/aromatic N) is 1. The van der Waals surface area contributed by atoms with E-state index in [0.717, 1.165) is 22.7 Å². The van der Waals surface area contributed by atoms with Crippen molar-refractivity contribution < 1.29 is 14.7 Å². The molecule has 116 valence electrons. The Bertz CT molecular complexity index is 700. The average Bonchev–Trinajstić information content (AvgIpc) is 3.17. The summed E-state index contributed by atoms with van der Waals surface area (Å²) in [7, 11) is 0. The van der Waals surface area contributed by atoms with E-state index in [0.29, 0.717) is 23.4 Å². The molecular formula is C15H16N2O3S2. The molecule has 0 bridgehead atoms. The maximum Gasteiger partial charge on any atom is 0.329 e. The Morgan fingerprint density at radius 1 is 1.36 bits per heavy atom. The van der Waals surface area contributed by atoms with Gasteiger partial charge in [-0.15, -0.1) is 22.7 Å². The third-order valence-corrected chi connectivity index (χ3v) is 6.15. The molecule has 5 nitrogen and oxygen atoms in total. The largest absolute Gasteiger partial charge is 0.480 e. The number of rotatable bonds is 4. The Morgan fingerprint density at radius 2 is 2.09 bits per heavy atom. The number of thiophene rings is 1. The highest BCUT2D eigenvalue weighted by molar-refractivity contribution is 7.22. The Hall–Kier alpha value is -1.73. The molecule has 0 saturated heterocycles. The van der Waals surface area contributed by atoms with Gasteiger partial charge in [0.1, 0.15) is 15.4 Å². The predicted octanol–water partition coefficient (Wildman–Crippen LogP) is 3.31. The van der Waals surface area contributed by atoms with E-state index >= 15 is 0 Å². The molecule has 22 heavy (non-hydrogen) atoms. The molecule has 0 atom stereocenters. The van der Waals surface area contributed by atoms with Gasteiger partial charge in [-0.25, -0.2) is 9.78 Å². The number of carbonyl (C=O) groups excluding carboxylic acids is 1. The highest BCUT2D eigenvalue weighted by Crippen LogP contribution is 2.33. The van der Waals surface area contributed by atoms with Crippen molar-refractivity contribution in [2.45, 2.75) is 38.1 Å². The molecule has 0 radical (unpaired) electrons. The standard InChI is InChI=1S/C15H16N2O3S2/c1-9-11(22-13(16-9)10-5-4-8-21-10)12(18)17-15(14(19)20)6-2-3-7-15/h4-5,8H,2-3,6-7H2,1H3,(H,17,18)(H,19,20). The zero-order valence-electron chi connectivity index (χ0n) is 12.1. The topological polar surface area (TPSA) is 79.3 Å². The summed E-state index contributed by atoms with van der Waals surface area (Å²) in [6, 6.07) is 3.90. The van der Waals surface area contributed by atoms with Crippen molar-refractivity contribution in [3.8, 4) is 9.88 Å². The predicted molar refractivity (Wildman–Crippen MR) is 86.5 cm³/mol. The van der Waals surface area contributed by atoms with Crippen LogP contribution in [0.15, 0.2) is 17.5 Å². The van der Waals surface area contributed by atoms with Crippen LogP contribution < -0.4 is 5.32 Å². The van der Waals surface area contributed by atoms with Crippen molar-refractivity contribution in [3.63, 3.8) is 0 Å². The van der Waals surface area contributed by atoms with Gasteiger partial charge in [0.05, 0.1) is 10.6 Å². The molecule has 0 spiro atoms. The summed E-state index contributed by atoms with van der Waals surface area (Å²) in [5, 5.41) is 15.0. The molecule has 1 saturated carbocycles. The van der Waals surface area contributed by atoms with E-state index in [1.807, 2.05) is 17.5 Å². The number of aliphatic carboxylic acids is 1. The van der Waals surface area contributed by atoms with Crippen LogP contribution in [0.25, 0.3) is 9.88 Å². The number of aryl methyl sites for hydroxylation is 1. The molecule has 7 heteroatoms. The molecule has 1 fully saturated rings. The van der Waals surface area contributed by atoms with Crippen molar-refractivity contribution in [3.05, 3.63) is 28.1 Å². The minimum atomic E-state index is -1.11. The van der Waals surface area contributed by atoms with Crippen LogP contribution in [0.5, 0.6) is 0 Å². The molecule has 1 aliphatic carbocycles. The summed E-state index contributed by atoms with van der Waals surface area (Å²) in [6.07, 6.45) is 2.64. The highest BCUT2D eigenvalue weighted by atomic mass is 32.1. The van der Waals surface area contributed by atoms with Crippen LogP contribution in [0.3, 0.4) is 0 Å². The summed E-state index contributed by atoms with van der Waals surface area (Å²) in [4.78, 5) is 30.0. The van der Waals surface area contributed by atoms with Gasteiger partial charge in [-0.05, 0) is 31.2 Å². The van der Waals surface area contributed by atoms with Gasteiger partial charge in [0.25, 0.3) is 5.91 Å². The van der Waals surface area contributed by atoms with Crippen LogP contribution in [0.1, 0.15) is 41.0 Å². The first-order valence-corrected chi connectivity index (χ1v) is 8.79. The van der Waals surface area contributed by atoms with Gasteiger partial charge in [0.15, 0.2) is 0 Å². The van der Waals surface area contributed by atoms with Crippen molar-refractivity contribution >= 4 is 34.6 Å². The molecule has 2 N–H and O–H groups in total. The number of amides is 1. The molecule has 3 rings (SSSR count). The van der Waals surface area contributed by atoms with E-state index in [1.54, 1.807) is 18.3 Å². The van der Waals surface area contributed by atoms with Crippen LogP contribution >= 0.6 is 22.7 Å². The molecule has 2 aromatic heterocycles. The quantitative estimate of drug-likeness (QED) is 0.898. The third kappa shape index (κ3) is 2.66. The molecule has 0 unspecified atom stereocenters. The molecular weight excluding hydrogens is 320 g/mol. The van der Waals surface area contributed by atoms with Gasteiger partial charge in [0.2, 0.25) is 0 Å². The zero-order valence-corrected chi connectivity index (χ0v) is 13.7. The summed E-state index contributed by atoms with van der Waals surface area (Å²) < 4.78 is 0.